The van der Waals surface area contributed by atoms with Crippen LogP contribution in [0.4, 0.5) is 10.8 Å². The van der Waals surface area contributed by atoms with Crippen molar-refractivity contribution in [3.05, 3.63) is 91.9 Å². The largest absolute Gasteiger partial charge is 0.507 e. The molecule has 1 aromatic heterocycles. The molecule has 30 heavy (non-hydrogen) atoms. The van der Waals surface area contributed by atoms with Crippen LogP contribution in [0.1, 0.15) is 17.2 Å². The number of benzene rings is 2. The van der Waals surface area contributed by atoms with Gasteiger partial charge in [-0.3, -0.25) is 24.6 Å². The lowest BCUT2D eigenvalue weighted by atomic mass is 9.94. The van der Waals surface area contributed by atoms with Gasteiger partial charge in [-0.05, 0) is 30.3 Å². The number of aromatic nitrogens is 1. The molecule has 150 valence electrons. The number of rotatable bonds is 4. The number of aliphatic hydroxyl groups is 1. The lowest BCUT2D eigenvalue weighted by Crippen LogP contribution is -2.29. The second kappa shape index (κ2) is 7.69. The van der Waals surface area contributed by atoms with Crippen molar-refractivity contribution >= 4 is 51.2 Å². The minimum absolute atomic E-state index is 0.0902. The van der Waals surface area contributed by atoms with Gasteiger partial charge in [0, 0.05) is 28.2 Å². The summed E-state index contributed by atoms with van der Waals surface area (Å²) in [5.74, 6) is -2.34. The van der Waals surface area contributed by atoms with Gasteiger partial charge >= 0.3 is 5.91 Å². The van der Waals surface area contributed by atoms with Crippen molar-refractivity contribution in [1.29, 1.82) is 0 Å². The minimum atomic E-state index is -1.21. The Morgan fingerprint density at radius 1 is 1.17 bits per heavy atom. The molecule has 2 heterocycles. The highest BCUT2D eigenvalue weighted by Gasteiger charge is 2.49. The van der Waals surface area contributed by atoms with E-state index in [9.17, 15) is 24.8 Å². The maximum Gasteiger partial charge on any atom is 0.301 e. The lowest BCUT2D eigenvalue weighted by molar-refractivity contribution is -0.385. The van der Waals surface area contributed by atoms with Crippen molar-refractivity contribution in [2.75, 3.05) is 4.90 Å². The summed E-state index contributed by atoms with van der Waals surface area (Å²) in [5, 5.41) is 24.8. The van der Waals surface area contributed by atoms with Crippen molar-refractivity contribution in [2.45, 2.75) is 6.04 Å². The van der Waals surface area contributed by atoms with Gasteiger partial charge in [-0.2, -0.15) is 0 Å². The fraction of sp³-hybridized carbons (Fsp3) is 0.0500. The Bertz CT molecular complexity index is 1190. The van der Waals surface area contributed by atoms with E-state index in [0.29, 0.717) is 5.02 Å². The number of hydrogen-bond acceptors (Lipinski definition) is 7. The summed E-state index contributed by atoms with van der Waals surface area (Å²) in [5.41, 5.74) is -0.202. The first kappa shape index (κ1) is 19.7. The topological polar surface area (TPSA) is 114 Å². The molecular weight excluding hydrogens is 430 g/mol. The van der Waals surface area contributed by atoms with Crippen LogP contribution in [0.5, 0.6) is 0 Å². The predicted molar refractivity (Wildman–Crippen MR) is 111 cm³/mol. The van der Waals surface area contributed by atoms with Gasteiger partial charge in [-0.15, -0.1) is 11.3 Å². The third kappa shape index (κ3) is 3.23. The van der Waals surface area contributed by atoms with Crippen molar-refractivity contribution < 1.29 is 19.6 Å². The van der Waals surface area contributed by atoms with Gasteiger partial charge in [0.2, 0.25) is 0 Å². The van der Waals surface area contributed by atoms with E-state index in [-0.39, 0.29) is 27.5 Å². The number of halogens is 1. The summed E-state index contributed by atoms with van der Waals surface area (Å²) >= 11 is 6.99. The maximum absolute atomic E-state index is 12.9. The molecule has 2 aromatic carbocycles. The zero-order valence-electron chi connectivity index (χ0n) is 15.1. The van der Waals surface area contributed by atoms with Crippen LogP contribution < -0.4 is 4.90 Å². The summed E-state index contributed by atoms with van der Waals surface area (Å²) in [6.07, 6.45) is 1.45. The Morgan fingerprint density at radius 3 is 2.50 bits per heavy atom. The van der Waals surface area contributed by atoms with Crippen LogP contribution in [-0.2, 0) is 9.59 Å². The van der Waals surface area contributed by atoms with E-state index in [0.717, 1.165) is 16.2 Å². The number of nitrogens with zero attached hydrogens (tertiary/aromatic N) is 3. The zero-order valence-corrected chi connectivity index (χ0v) is 16.6. The van der Waals surface area contributed by atoms with E-state index in [1.807, 2.05) is 0 Å². The molecule has 4 rings (SSSR count). The van der Waals surface area contributed by atoms with Crippen molar-refractivity contribution in [3.8, 4) is 0 Å². The van der Waals surface area contributed by atoms with Crippen molar-refractivity contribution in [3.63, 3.8) is 0 Å². The predicted octanol–water partition coefficient (Wildman–Crippen LogP) is 4.33. The molecule has 0 radical (unpaired) electrons. The number of thiazole rings is 1. The van der Waals surface area contributed by atoms with E-state index in [4.69, 9.17) is 11.6 Å². The van der Waals surface area contributed by atoms with E-state index in [1.165, 1.54) is 48.7 Å². The van der Waals surface area contributed by atoms with Crippen LogP contribution in [0.2, 0.25) is 5.02 Å². The number of carbonyl (C=O) groups excluding carboxylic acids is 2. The van der Waals surface area contributed by atoms with Crippen LogP contribution >= 0.6 is 22.9 Å². The normalized spacial score (nSPS) is 18.0. The Morgan fingerprint density at radius 2 is 1.87 bits per heavy atom. The van der Waals surface area contributed by atoms with Gasteiger partial charge in [0.15, 0.2) is 5.13 Å². The standard InChI is InChI=1S/C20H12ClN3O5S/c21-12-7-5-11(6-8-12)17(25)15-16(13-3-1-2-4-14(13)24(28)29)23(19(27)18(15)26)20-22-9-10-30-20/h1-10,16,25H/b17-15+. The van der Waals surface area contributed by atoms with Crippen LogP contribution in [-0.4, -0.2) is 26.7 Å². The third-order valence-electron chi connectivity index (χ3n) is 4.62. The Labute approximate surface area is 178 Å². The summed E-state index contributed by atoms with van der Waals surface area (Å²) < 4.78 is 0. The average molecular weight is 442 g/mol. The molecule has 0 aliphatic carbocycles. The fourth-order valence-electron chi connectivity index (χ4n) is 3.31. The molecule has 1 aliphatic rings. The van der Waals surface area contributed by atoms with Crippen LogP contribution in [0.25, 0.3) is 5.76 Å². The minimum Gasteiger partial charge on any atom is -0.507 e. The van der Waals surface area contributed by atoms with E-state index in [1.54, 1.807) is 11.4 Å². The molecule has 1 saturated heterocycles. The van der Waals surface area contributed by atoms with Crippen LogP contribution in [0, 0.1) is 10.1 Å². The number of anilines is 1. The molecule has 8 nitrogen and oxygen atoms in total. The molecule has 3 aromatic rings. The molecule has 0 bridgehead atoms. The molecule has 1 amide bonds. The van der Waals surface area contributed by atoms with E-state index < -0.39 is 28.4 Å². The molecule has 0 saturated carbocycles. The van der Waals surface area contributed by atoms with Gasteiger partial charge in [0.05, 0.1) is 16.1 Å². The number of aliphatic hydroxyl groups excluding tert-OH is 1. The van der Waals surface area contributed by atoms with Gasteiger partial charge in [0.1, 0.15) is 11.8 Å². The molecule has 1 aliphatic heterocycles. The molecule has 1 unspecified atom stereocenters. The summed E-state index contributed by atoms with van der Waals surface area (Å²) in [6.45, 7) is 0. The fourth-order valence-corrected chi connectivity index (χ4v) is 4.10. The average Bonchev–Trinajstić information content (AvgIpc) is 3.35. The first-order valence-corrected chi connectivity index (χ1v) is 9.85. The second-order valence-electron chi connectivity index (χ2n) is 6.31. The Hall–Kier alpha value is -3.56. The second-order valence-corrected chi connectivity index (χ2v) is 7.62. The molecule has 1 fully saturated rings. The SMILES string of the molecule is O=C1C(=O)N(c2nccs2)C(c2ccccc2[N+](=O)[O-])/C1=C(\O)c1ccc(Cl)cc1. The number of carbonyl (C=O) groups is 2. The van der Waals surface area contributed by atoms with Crippen molar-refractivity contribution in [1.82, 2.24) is 4.98 Å². The van der Waals surface area contributed by atoms with Gasteiger partial charge in [-0.1, -0.05) is 23.7 Å². The summed E-state index contributed by atoms with van der Waals surface area (Å²) in [7, 11) is 0. The molecular formula is C20H12ClN3O5S. The highest BCUT2D eigenvalue weighted by molar-refractivity contribution is 7.14. The van der Waals surface area contributed by atoms with Crippen molar-refractivity contribution in [2.24, 2.45) is 0 Å². The highest BCUT2D eigenvalue weighted by Crippen LogP contribution is 2.45. The lowest BCUT2D eigenvalue weighted by Gasteiger charge is -2.22. The number of para-hydroxylation sites is 1. The number of ketones is 1. The van der Waals surface area contributed by atoms with Gasteiger partial charge in [-0.25, -0.2) is 4.98 Å². The smallest absolute Gasteiger partial charge is 0.301 e. The Balaban J connectivity index is 2.00. The van der Waals surface area contributed by atoms with Crippen LogP contribution in [0.3, 0.4) is 0 Å². The van der Waals surface area contributed by atoms with E-state index >= 15 is 0 Å². The van der Waals surface area contributed by atoms with E-state index in [2.05, 4.69) is 4.98 Å². The zero-order chi connectivity index (χ0) is 21.4. The van der Waals surface area contributed by atoms with Gasteiger partial charge < -0.3 is 5.11 Å². The number of hydrogen-bond donors (Lipinski definition) is 1. The number of nitro groups is 1. The molecule has 1 atom stereocenters. The highest BCUT2D eigenvalue weighted by atomic mass is 35.5. The number of Topliss-reactive ketones (excluding diaryl/α,β-unsaturated/α-hetero) is 1. The monoisotopic (exact) mass is 441 g/mol. The molecule has 1 N–H and O–H groups in total. The Kier molecular flexibility index (Phi) is 5.06. The van der Waals surface area contributed by atoms with Gasteiger partial charge in [0.25, 0.3) is 11.5 Å². The number of nitro benzene ring substituents is 1. The molecule has 10 heteroatoms. The summed E-state index contributed by atoms with van der Waals surface area (Å²) in [6, 6.07) is 10.6. The van der Waals surface area contributed by atoms with Crippen LogP contribution in [0.15, 0.2) is 65.7 Å². The third-order valence-corrected chi connectivity index (χ3v) is 5.64. The number of amides is 1. The first-order valence-electron chi connectivity index (χ1n) is 8.60. The summed E-state index contributed by atoms with van der Waals surface area (Å²) in [4.78, 5) is 42.0. The molecule has 0 spiro atoms. The quantitative estimate of drug-likeness (QED) is 0.212. The maximum atomic E-state index is 12.9. The first-order chi connectivity index (χ1) is 14.4.